The van der Waals surface area contributed by atoms with Gasteiger partial charge in [-0.05, 0) is 25.3 Å². The second-order valence-electron chi connectivity index (χ2n) is 4.32. The minimum Gasteiger partial charge on any atom is -0.336 e. The van der Waals surface area contributed by atoms with Crippen molar-refractivity contribution in [2.75, 3.05) is 0 Å². The summed E-state index contributed by atoms with van der Waals surface area (Å²) >= 11 is 0. The Bertz CT molecular complexity index is 387. The van der Waals surface area contributed by atoms with Crippen LogP contribution in [0.3, 0.4) is 0 Å². The summed E-state index contributed by atoms with van der Waals surface area (Å²) in [5.41, 5.74) is 0.601. The van der Waals surface area contributed by atoms with Crippen LogP contribution in [0.4, 0.5) is 4.39 Å². The second-order valence-corrected chi connectivity index (χ2v) is 4.32. The lowest BCUT2D eigenvalue weighted by Crippen LogP contribution is -2.42. The molecule has 1 aliphatic carbocycles. The average molecular weight is 221 g/mol. The molecule has 0 bridgehead atoms. The van der Waals surface area contributed by atoms with Gasteiger partial charge in [-0.1, -0.05) is 18.2 Å². The summed E-state index contributed by atoms with van der Waals surface area (Å²) in [4.78, 5) is 13.3. The number of carbonyl (C=O) groups excluding carboxylic acids is 1. The first-order chi connectivity index (χ1) is 7.68. The normalized spacial score (nSPS) is 15.6. The molecule has 1 aromatic rings. The molecule has 16 heavy (non-hydrogen) atoms. The fourth-order valence-corrected chi connectivity index (χ4v) is 2.01. The maximum atomic E-state index is 13.5. The highest BCUT2D eigenvalue weighted by atomic mass is 19.1. The third-order valence-electron chi connectivity index (χ3n) is 3.22. The summed E-state index contributed by atoms with van der Waals surface area (Å²) in [6.07, 6.45) is 3.27. The SMILES string of the molecule is CC(=O)N(Cc1ccccc1F)C1CCC1. The Kier molecular flexibility index (Phi) is 3.22. The van der Waals surface area contributed by atoms with Gasteiger partial charge in [-0.25, -0.2) is 4.39 Å². The van der Waals surface area contributed by atoms with Crippen LogP contribution in [-0.4, -0.2) is 16.8 Å². The van der Waals surface area contributed by atoms with Gasteiger partial charge in [-0.2, -0.15) is 0 Å². The van der Waals surface area contributed by atoms with Crippen molar-refractivity contribution in [1.82, 2.24) is 4.90 Å². The lowest BCUT2D eigenvalue weighted by Gasteiger charge is -2.37. The zero-order valence-electron chi connectivity index (χ0n) is 9.45. The molecule has 1 saturated carbocycles. The maximum absolute atomic E-state index is 13.5. The zero-order valence-corrected chi connectivity index (χ0v) is 9.45. The lowest BCUT2D eigenvalue weighted by molar-refractivity contribution is -0.133. The van der Waals surface area contributed by atoms with Crippen LogP contribution in [0.1, 0.15) is 31.7 Å². The molecule has 0 atom stereocenters. The quantitative estimate of drug-likeness (QED) is 0.768. The van der Waals surface area contributed by atoms with Crippen LogP contribution in [-0.2, 0) is 11.3 Å². The number of amides is 1. The monoisotopic (exact) mass is 221 g/mol. The van der Waals surface area contributed by atoms with Crippen molar-refractivity contribution < 1.29 is 9.18 Å². The molecule has 2 nitrogen and oxygen atoms in total. The largest absolute Gasteiger partial charge is 0.336 e. The Morgan fingerprint density at radius 2 is 2.12 bits per heavy atom. The molecule has 1 aliphatic rings. The first-order valence-corrected chi connectivity index (χ1v) is 5.69. The van der Waals surface area contributed by atoms with Crippen LogP contribution in [0, 0.1) is 5.82 Å². The van der Waals surface area contributed by atoms with Crippen LogP contribution in [0.25, 0.3) is 0 Å². The Balaban J connectivity index is 2.11. The van der Waals surface area contributed by atoms with E-state index in [1.807, 2.05) is 0 Å². The number of benzene rings is 1. The molecule has 2 rings (SSSR count). The van der Waals surface area contributed by atoms with E-state index < -0.39 is 0 Å². The van der Waals surface area contributed by atoms with Gasteiger partial charge in [-0.15, -0.1) is 0 Å². The van der Waals surface area contributed by atoms with Gasteiger partial charge in [0.1, 0.15) is 5.82 Å². The minimum absolute atomic E-state index is 0.0351. The van der Waals surface area contributed by atoms with Crippen molar-refractivity contribution >= 4 is 5.91 Å². The standard InChI is InChI=1S/C13H16FNO/c1-10(16)15(12-6-4-7-12)9-11-5-2-3-8-13(11)14/h2-3,5,8,12H,4,6-7,9H2,1H3. The Morgan fingerprint density at radius 1 is 1.44 bits per heavy atom. The van der Waals surface area contributed by atoms with Gasteiger partial charge >= 0.3 is 0 Å². The van der Waals surface area contributed by atoms with E-state index in [1.165, 1.54) is 12.5 Å². The maximum Gasteiger partial charge on any atom is 0.219 e. The summed E-state index contributed by atoms with van der Waals surface area (Å²) in [6.45, 7) is 1.95. The number of carbonyl (C=O) groups is 1. The van der Waals surface area contributed by atoms with E-state index in [0.29, 0.717) is 18.2 Å². The van der Waals surface area contributed by atoms with Crippen LogP contribution >= 0.6 is 0 Å². The number of nitrogens with zero attached hydrogens (tertiary/aromatic N) is 1. The molecule has 1 fully saturated rings. The molecule has 0 spiro atoms. The molecular weight excluding hydrogens is 205 g/mol. The fraction of sp³-hybridized carbons (Fsp3) is 0.462. The topological polar surface area (TPSA) is 20.3 Å². The van der Waals surface area contributed by atoms with Gasteiger partial charge in [0.2, 0.25) is 5.91 Å². The smallest absolute Gasteiger partial charge is 0.219 e. The highest BCUT2D eigenvalue weighted by Crippen LogP contribution is 2.26. The third kappa shape index (κ3) is 2.23. The van der Waals surface area contributed by atoms with Crippen molar-refractivity contribution in [3.05, 3.63) is 35.6 Å². The molecule has 0 heterocycles. The van der Waals surface area contributed by atoms with Gasteiger partial charge in [0.05, 0.1) is 0 Å². The van der Waals surface area contributed by atoms with E-state index in [-0.39, 0.29) is 11.7 Å². The lowest BCUT2D eigenvalue weighted by atomic mass is 9.91. The third-order valence-corrected chi connectivity index (χ3v) is 3.22. The summed E-state index contributed by atoms with van der Waals surface area (Å²) in [6, 6.07) is 6.97. The predicted molar refractivity (Wildman–Crippen MR) is 60.3 cm³/mol. The molecule has 3 heteroatoms. The van der Waals surface area contributed by atoms with Crippen LogP contribution in [0.5, 0.6) is 0 Å². The van der Waals surface area contributed by atoms with Gasteiger partial charge in [0, 0.05) is 25.1 Å². The molecule has 1 amide bonds. The highest BCUT2D eigenvalue weighted by molar-refractivity contribution is 5.73. The van der Waals surface area contributed by atoms with Crippen LogP contribution < -0.4 is 0 Å². The van der Waals surface area contributed by atoms with Gasteiger partial charge in [0.15, 0.2) is 0 Å². The molecule has 1 aromatic carbocycles. The van der Waals surface area contributed by atoms with E-state index in [4.69, 9.17) is 0 Å². The van der Waals surface area contributed by atoms with E-state index >= 15 is 0 Å². The summed E-state index contributed by atoms with van der Waals surface area (Å²) in [5.74, 6) is -0.193. The van der Waals surface area contributed by atoms with E-state index in [9.17, 15) is 9.18 Å². The fourth-order valence-electron chi connectivity index (χ4n) is 2.01. The van der Waals surface area contributed by atoms with Crippen molar-refractivity contribution in [1.29, 1.82) is 0 Å². The predicted octanol–water partition coefficient (Wildman–Crippen LogP) is 2.73. The summed E-state index contributed by atoms with van der Waals surface area (Å²) < 4.78 is 13.5. The van der Waals surface area contributed by atoms with Gasteiger partial charge < -0.3 is 4.90 Å². The average Bonchev–Trinajstić information content (AvgIpc) is 2.17. The van der Waals surface area contributed by atoms with E-state index in [0.717, 1.165) is 12.8 Å². The Labute approximate surface area is 95.1 Å². The van der Waals surface area contributed by atoms with Crippen LogP contribution in [0.15, 0.2) is 24.3 Å². The summed E-state index contributed by atoms with van der Waals surface area (Å²) in [5, 5.41) is 0. The molecule has 86 valence electrons. The first kappa shape index (κ1) is 11.1. The highest BCUT2D eigenvalue weighted by Gasteiger charge is 2.27. The van der Waals surface area contributed by atoms with Gasteiger partial charge in [-0.3, -0.25) is 4.79 Å². The van der Waals surface area contributed by atoms with Crippen molar-refractivity contribution in [3.8, 4) is 0 Å². The minimum atomic E-state index is -0.229. The number of halogens is 1. The van der Waals surface area contributed by atoms with Crippen molar-refractivity contribution in [2.45, 2.75) is 38.8 Å². The number of hydrogen-bond acceptors (Lipinski definition) is 1. The van der Waals surface area contributed by atoms with Crippen molar-refractivity contribution in [3.63, 3.8) is 0 Å². The van der Waals surface area contributed by atoms with Crippen molar-refractivity contribution in [2.24, 2.45) is 0 Å². The molecule has 0 N–H and O–H groups in total. The molecular formula is C13H16FNO. The zero-order chi connectivity index (χ0) is 11.5. The molecule has 0 radical (unpaired) electrons. The Hall–Kier alpha value is -1.38. The Morgan fingerprint density at radius 3 is 2.62 bits per heavy atom. The molecule has 0 aliphatic heterocycles. The van der Waals surface area contributed by atoms with Gasteiger partial charge in [0.25, 0.3) is 0 Å². The van der Waals surface area contributed by atoms with Crippen LogP contribution in [0.2, 0.25) is 0 Å². The second kappa shape index (κ2) is 4.64. The first-order valence-electron chi connectivity index (χ1n) is 5.69. The number of rotatable bonds is 3. The van der Waals surface area contributed by atoms with E-state index in [1.54, 1.807) is 30.0 Å². The summed E-state index contributed by atoms with van der Waals surface area (Å²) in [7, 11) is 0. The molecule has 0 aromatic heterocycles. The molecule has 0 saturated heterocycles. The van der Waals surface area contributed by atoms with E-state index in [2.05, 4.69) is 0 Å². The molecule has 0 unspecified atom stereocenters. The number of hydrogen-bond donors (Lipinski definition) is 0.